The molecule has 254 valence electrons. The summed E-state index contributed by atoms with van der Waals surface area (Å²) in [6.45, 7) is 6.28. The van der Waals surface area contributed by atoms with E-state index in [0.717, 1.165) is 73.6 Å². The second-order valence-corrected chi connectivity index (χ2v) is 14.6. The number of allylic oxidation sites excluding steroid dienone is 3. The lowest BCUT2D eigenvalue weighted by Gasteiger charge is -2.26. The molecule has 11 nitrogen and oxygen atoms in total. The van der Waals surface area contributed by atoms with E-state index in [4.69, 9.17) is 9.84 Å². The maximum Gasteiger partial charge on any atom is 0.260 e. The van der Waals surface area contributed by atoms with Crippen LogP contribution in [-0.4, -0.2) is 72.2 Å². The van der Waals surface area contributed by atoms with E-state index >= 15 is 0 Å². The molecule has 2 aromatic heterocycles. The van der Waals surface area contributed by atoms with E-state index in [9.17, 15) is 14.4 Å². The van der Waals surface area contributed by atoms with Crippen LogP contribution in [0, 0.1) is 18.4 Å². The molecular formula is C37H41BrN7O4+. The van der Waals surface area contributed by atoms with Gasteiger partial charge in [-0.05, 0) is 69.2 Å². The minimum absolute atomic E-state index is 0.0943. The molecule has 0 radical (unpaired) electrons. The fraction of sp³-hybridized carbons (Fsp3) is 0.486. The Morgan fingerprint density at radius 2 is 1.80 bits per heavy atom. The van der Waals surface area contributed by atoms with Crippen LogP contribution in [0.25, 0.3) is 22.0 Å². The summed E-state index contributed by atoms with van der Waals surface area (Å²) in [5, 5.41) is 8.45. The number of carbonyl (C=O) groups excluding carboxylic acids is 3. The van der Waals surface area contributed by atoms with Crippen LogP contribution >= 0.6 is 15.9 Å². The molecule has 1 saturated carbocycles. The van der Waals surface area contributed by atoms with Gasteiger partial charge in [-0.3, -0.25) is 24.4 Å². The van der Waals surface area contributed by atoms with Crippen molar-refractivity contribution in [1.82, 2.24) is 30.0 Å². The summed E-state index contributed by atoms with van der Waals surface area (Å²) in [5.41, 5.74) is 4.34. The van der Waals surface area contributed by atoms with Gasteiger partial charge in [-0.2, -0.15) is 5.10 Å². The highest BCUT2D eigenvalue weighted by atomic mass is 79.9. The number of hydrogen-bond donors (Lipinski definition) is 1. The maximum atomic E-state index is 14.4. The van der Waals surface area contributed by atoms with Crippen molar-refractivity contribution in [1.29, 1.82) is 0 Å². The minimum Gasteiger partial charge on any atom is -0.381 e. The van der Waals surface area contributed by atoms with Gasteiger partial charge in [0.05, 0.1) is 28.1 Å². The van der Waals surface area contributed by atoms with Gasteiger partial charge in [-0.15, -0.1) is 0 Å². The lowest BCUT2D eigenvalue weighted by molar-refractivity contribution is -0.140. The zero-order valence-electron chi connectivity index (χ0n) is 28.2. The molecular weight excluding hydrogens is 686 g/mol. The molecule has 1 saturated heterocycles. The van der Waals surface area contributed by atoms with Gasteiger partial charge in [0, 0.05) is 54.4 Å². The normalized spacial score (nSPS) is 24.5. The summed E-state index contributed by atoms with van der Waals surface area (Å²) in [4.78, 5) is 56.4. The third-order valence-electron chi connectivity index (χ3n) is 10.3. The van der Waals surface area contributed by atoms with Crippen molar-refractivity contribution in [2.45, 2.75) is 97.2 Å². The average molecular weight is 728 g/mol. The van der Waals surface area contributed by atoms with Crippen molar-refractivity contribution in [2.24, 2.45) is 10.4 Å². The number of Topliss-reactive ketones (excluding diaryl/α,β-unsaturated/α-hetero) is 1. The third-order valence-corrected chi connectivity index (χ3v) is 10.7. The standard InChI is InChI=1S/C37H40BrN7O4/c1-22-11-12-31(38)41-35(22)42-36(48)29-16-37-17-30(37)45(29)32(47)20-44-34-25(10-8-6-4-5-7-9-13-49-21-37)14-26(27-18-39-24(3)40-19-27)15-28(34)33(43-44)23(2)46/h12,14-15,18-19,29-30H,4-10,13,16-17,20-21H2,1-3H3/p+1/t29-,30+,37-/m0/s1. The number of nitrogens with zero attached hydrogens (tertiary/aromatic N) is 6. The lowest BCUT2D eigenvalue weighted by Crippen LogP contribution is -2.48. The molecule has 7 rings (SSSR count). The van der Waals surface area contributed by atoms with E-state index in [1.165, 1.54) is 6.92 Å². The SMILES string of the molecule is CC(=O)c1nn2c3c(cc(-c4cnc(C)nc4)cc13)CCCCCCCCOC[C@@]13C[C@@H](C(=O)NC4=C(C)[C+]=CC(Br)=N4)N(C(=O)C2)[C@@H]1C3. The van der Waals surface area contributed by atoms with Crippen LogP contribution in [0.2, 0.25) is 0 Å². The van der Waals surface area contributed by atoms with E-state index in [1.54, 1.807) is 28.1 Å². The second-order valence-electron chi connectivity index (χ2n) is 13.8. The number of hydrogen-bond acceptors (Lipinski definition) is 8. The Labute approximate surface area is 294 Å². The molecule has 1 aliphatic carbocycles. The number of aliphatic imine (C=N–C) groups is 1. The number of ketones is 1. The molecule has 1 aromatic carbocycles. The monoisotopic (exact) mass is 726 g/mol. The van der Waals surface area contributed by atoms with Gasteiger partial charge in [0.25, 0.3) is 11.7 Å². The summed E-state index contributed by atoms with van der Waals surface area (Å²) in [5.74, 6) is 0.419. The number of benzene rings is 1. The van der Waals surface area contributed by atoms with Gasteiger partial charge in [-0.1, -0.05) is 30.7 Å². The van der Waals surface area contributed by atoms with Crippen LogP contribution in [0.1, 0.15) is 87.1 Å². The summed E-state index contributed by atoms with van der Waals surface area (Å²) >= 11 is 3.37. The van der Waals surface area contributed by atoms with Gasteiger partial charge >= 0.3 is 0 Å². The van der Waals surface area contributed by atoms with Crippen LogP contribution in [-0.2, 0) is 27.3 Å². The average Bonchev–Trinajstić information content (AvgIpc) is 3.48. The smallest absolute Gasteiger partial charge is 0.260 e. The Balaban J connectivity index is 1.27. The number of carbonyl (C=O) groups is 3. The zero-order chi connectivity index (χ0) is 34.3. The fourth-order valence-corrected chi connectivity index (χ4v) is 7.88. The van der Waals surface area contributed by atoms with Crippen molar-refractivity contribution in [3.8, 4) is 11.1 Å². The van der Waals surface area contributed by atoms with Gasteiger partial charge in [0.15, 0.2) is 11.4 Å². The summed E-state index contributed by atoms with van der Waals surface area (Å²) in [6, 6.07) is 3.28. The van der Waals surface area contributed by atoms with E-state index in [2.05, 4.69) is 48.3 Å². The Kier molecular flexibility index (Phi) is 9.30. The fourth-order valence-electron chi connectivity index (χ4n) is 7.59. The second kappa shape index (κ2) is 13.7. The van der Waals surface area contributed by atoms with Crippen molar-refractivity contribution < 1.29 is 19.1 Å². The maximum absolute atomic E-state index is 14.4. The van der Waals surface area contributed by atoms with Crippen molar-refractivity contribution >= 4 is 49.1 Å². The van der Waals surface area contributed by atoms with Crippen LogP contribution in [0.15, 0.2) is 47.0 Å². The molecule has 3 atom stereocenters. The molecule has 49 heavy (non-hydrogen) atoms. The Morgan fingerprint density at radius 1 is 1.04 bits per heavy atom. The summed E-state index contributed by atoms with van der Waals surface area (Å²) in [6.07, 6.45) is 16.9. The molecule has 2 fully saturated rings. The Hall–Kier alpha value is -4.12. The third kappa shape index (κ3) is 6.74. The first-order chi connectivity index (χ1) is 23.6. The highest BCUT2D eigenvalue weighted by Crippen LogP contribution is 2.60. The number of piperidine rings is 1. The first-order valence-electron chi connectivity index (χ1n) is 17.2. The molecule has 12 heteroatoms. The van der Waals surface area contributed by atoms with Crippen LogP contribution in [0.3, 0.4) is 0 Å². The van der Waals surface area contributed by atoms with E-state index in [1.807, 2.05) is 19.9 Å². The van der Waals surface area contributed by atoms with Gasteiger partial charge in [0.2, 0.25) is 10.5 Å². The zero-order valence-corrected chi connectivity index (χ0v) is 29.8. The van der Waals surface area contributed by atoms with Gasteiger partial charge in [0.1, 0.15) is 30.2 Å². The quantitative estimate of drug-likeness (QED) is 0.266. The first-order valence-corrected chi connectivity index (χ1v) is 18.0. The number of ether oxygens (including phenoxy) is 1. The number of halogens is 1. The minimum atomic E-state index is -0.696. The predicted molar refractivity (Wildman–Crippen MR) is 189 cm³/mol. The van der Waals surface area contributed by atoms with Crippen molar-refractivity contribution in [3.05, 3.63) is 65.2 Å². The number of amides is 2. The van der Waals surface area contributed by atoms with E-state index in [0.29, 0.717) is 52.6 Å². The van der Waals surface area contributed by atoms with Crippen LogP contribution in [0.4, 0.5) is 0 Å². The molecule has 0 spiro atoms. The molecule has 5 heterocycles. The van der Waals surface area contributed by atoms with Gasteiger partial charge < -0.3 is 9.64 Å². The number of rotatable bonds is 4. The number of nitrogens with one attached hydrogen (secondary N) is 1. The van der Waals surface area contributed by atoms with Crippen molar-refractivity contribution in [3.63, 3.8) is 0 Å². The van der Waals surface area contributed by atoms with Gasteiger partial charge in [-0.25, -0.2) is 9.97 Å². The highest BCUT2D eigenvalue weighted by molar-refractivity contribution is 9.18. The molecule has 2 bridgehead atoms. The predicted octanol–water partition coefficient (Wildman–Crippen LogP) is 5.79. The van der Waals surface area contributed by atoms with E-state index in [-0.39, 0.29) is 35.6 Å². The molecule has 4 aliphatic rings. The molecule has 3 aliphatic heterocycles. The van der Waals surface area contributed by atoms with Crippen LogP contribution < -0.4 is 5.32 Å². The number of aromatic nitrogens is 4. The summed E-state index contributed by atoms with van der Waals surface area (Å²) in [7, 11) is 0. The summed E-state index contributed by atoms with van der Waals surface area (Å²) < 4.78 is 8.44. The van der Waals surface area contributed by atoms with E-state index < -0.39 is 6.04 Å². The van der Waals surface area contributed by atoms with Crippen LogP contribution in [0.5, 0.6) is 0 Å². The lowest BCUT2D eigenvalue weighted by atomic mass is 9.96. The van der Waals surface area contributed by atoms with Crippen molar-refractivity contribution in [2.75, 3.05) is 13.2 Å². The topological polar surface area (TPSA) is 132 Å². The largest absolute Gasteiger partial charge is 0.381 e. The molecule has 1 N–H and O–H groups in total. The highest BCUT2D eigenvalue weighted by Gasteiger charge is 2.67. The number of aryl methyl sites for hydroxylation is 2. The molecule has 2 amide bonds. The first kappa shape index (κ1) is 33.4. The Morgan fingerprint density at radius 3 is 2.57 bits per heavy atom. The molecule has 0 unspecified atom stereocenters. The molecule has 3 aromatic rings. The Bertz CT molecular complexity index is 1910.